The van der Waals surface area contributed by atoms with Crippen LogP contribution in [0.25, 0.3) is 89.7 Å². The highest BCUT2D eigenvalue weighted by molar-refractivity contribution is 6.78. The molecule has 8 bridgehead atoms. The molecule has 65 heavy (non-hydrogen) atoms. The van der Waals surface area contributed by atoms with Gasteiger partial charge < -0.3 is 27.7 Å². The van der Waals surface area contributed by atoms with Crippen LogP contribution in [-0.4, -0.2) is 92.9 Å². The lowest BCUT2D eigenvalue weighted by Gasteiger charge is -2.28. The van der Waals surface area contributed by atoms with Crippen LogP contribution in [0.3, 0.4) is 0 Å². The number of aromatic nitrogens is 8. The predicted molar refractivity (Wildman–Crippen MR) is 272 cm³/mol. The van der Waals surface area contributed by atoms with E-state index in [4.69, 9.17) is 47.6 Å². The summed E-state index contributed by atoms with van der Waals surface area (Å²) >= 11 is 0. The van der Waals surface area contributed by atoms with Gasteiger partial charge >= 0.3 is 0 Å². The van der Waals surface area contributed by atoms with Crippen LogP contribution in [0.1, 0.15) is 26.7 Å². The minimum absolute atomic E-state index is 0.597. The van der Waals surface area contributed by atoms with Crippen molar-refractivity contribution in [2.24, 2.45) is 0 Å². The van der Waals surface area contributed by atoms with Crippen molar-refractivity contribution >= 4 is 70.8 Å². The summed E-state index contributed by atoms with van der Waals surface area (Å²) in [5.74, 6) is 2.39. The van der Waals surface area contributed by atoms with E-state index in [9.17, 15) is 0 Å². The molecular weight excluding hydrogens is 861 g/mol. The Morgan fingerprint density at radius 1 is 0.477 bits per heavy atom. The number of aromatic amines is 2. The van der Waals surface area contributed by atoms with Crippen LogP contribution in [0.5, 0.6) is 0 Å². The van der Waals surface area contributed by atoms with Crippen LogP contribution >= 0.6 is 0 Å². The van der Waals surface area contributed by atoms with Crippen LogP contribution < -0.4 is 0 Å². The lowest BCUT2D eigenvalue weighted by atomic mass is 10.1. The van der Waals surface area contributed by atoms with Gasteiger partial charge in [0.2, 0.25) is 0 Å². The highest BCUT2D eigenvalue weighted by Crippen LogP contribution is 2.36. The minimum Gasteiger partial charge on any atom is -0.441 e. The maximum atomic E-state index is 6.23. The maximum absolute atomic E-state index is 6.23. The second-order valence-electron chi connectivity index (χ2n) is 17.9. The van der Waals surface area contributed by atoms with Gasteiger partial charge in [-0.1, -0.05) is 121 Å². The Morgan fingerprint density at radius 3 is 1.06 bits per heavy atom. The summed E-state index contributed by atoms with van der Waals surface area (Å²) in [6, 6.07) is 34.5. The second kappa shape index (κ2) is 20.2. The molecule has 0 amide bonds. The van der Waals surface area contributed by atoms with Gasteiger partial charge in [-0.15, -0.1) is 0 Å². The normalized spacial score (nSPS) is 12.2. The molecule has 4 aromatic carbocycles. The van der Waals surface area contributed by atoms with Crippen molar-refractivity contribution in [3.8, 4) is 45.6 Å². The molecule has 0 fully saturated rings. The Morgan fingerprint density at radius 2 is 0.769 bits per heavy atom. The van der Waals surface area contributed by atoms with E-state index in [-0.39, 0.29) is 0 Å². The van der Waals surface area contributed by atoms with E-state index < -0.39 is 26.6 Å². The number of H-pyrrole nitrogens is 2. The number of rotatable bonds is 16. The third-order valence-corrected chi connectivity index (χ3v) is 21.5. The molecule has 2 aliphatic rings. The summed E-state index contributed by atoms with van der Waals surface area (Å²) in [6.45, 7) is 23.7. The lowest BCUT2D eigenvalue weighted by Crippen LogP contribution is -2.39. The summed E-state index contributed by atoms with van der Waals surface area (Å²) in [5.41, 5.74) is 8.60. The van der Waals surface area contributed by atoms with E-state index in [1.165, 1.54) is 0 Å². The van der Waals surface area contributed by atoms with Gasteiger partial charge in [0.15, 0.2) is 39.9 Å². The van der Waals surface area contributed by atoms with Crippen molar-refractivity contribution in [2.75, 3.05) is 26.4 Å². The number of hydrogen-bond donors (Lipinski definition) is 2. The zero-order valence-electron chi connectivity index (χ0n) is 38.3. The molecule has 0 saturated carbocycles. The van der Waals surface area contributed by atoms with Crippen molar-refractivity contribution in [3.63, 3.8) is 0 Å². The zero-order chi connectivity index (χ0) is 45.6. The van der Waals surface area contributed by atoms with E-state index in [1.54, 1.807) is 0 Å². The average Bonchev–Trinajstić information content (AvgIpc) is 4.02. The molecule has 2 aliphatic heterocycles. The fourth-order valence-corrected chi connectivity index (χ4v) is 14.2. The first-order valence-corrected chi connectivity index (χ1v) is 29.6. The molecule has 2 N–H and O–H groups in total. The topological polar surface area (TPSA) is 146 Å². The SMILES string of the molecule is C=C(C)COCCC[Si](C)(C)O[SiH2]O[Si](C)(C)CCCOCC(=C)C.c1ccc2c(c1)-c1nc-2nc2[nH]c(nc3nc(nc4[nH]c(n1)c1ccccc41)-c1ccccc1-3)c1ccccc21. The molecule has 0 unspecified atom stereocenters. The average molecular weight is 919 g/mol. The van der Waals surface area contributed by atoms with Crippen molar-refractivity contribution in [2.45, 2.75) is 65.0 Å². The summed E-state index contributed by atoms with van der Waals surface area (Å²) in [6.07, 6.45) is 2.11. The smallest absolute Gasteiger partial charge is 0.283 e. The van der Waals surface area contributed by atoms with Crippen molar-refractivity contribution in [1.29, 1.82) is 0 Å². The fraction of sp³-hybridized carbons (Fsp3) is 0.280. The van der Waals surface area contributed by atoms with Gasteiger partial charge in [0.05, 0.1) is 13.2 Å². The number of fused-ring (bicyclic) bond motifs is 20. The van der Waals surface area contributed by atoms with Crippen LogP contribution in [0.2, 0.25) is 38.3 Å². The van der Waals surface area contributed by atoms with Crippen molar-refractivity contribution in [3.05, 3.63) is 121 Å². The Bertz CT molecular complexity index is 2680. The Labute approximate surface area is 385 Å². The molecule has 12 nitrogen and oxygen atoms in total. The molecule has 334 valence electrons. The van der Waals surface area contributed by atoms with Crippen molar-refractivity contribution < 1.29 is 17.7 Å². The molecule has 0 spiro atoms. The summed E-state index contributed by atoms with van der Waals surface area (Å²) in [4.78, 5) is 36.8. The largest absolute Gasteiger partial charge is 0.441 e. The molecular formula is C50H58N8O4Si3. The third-order valence-electron chi connectivity index (χ3n) is 11.2. The Hall–Kier alpha value is -5.79. The summed E-state index contributed by atoms with van der Waals surface area (Å²) < 4.78 is 23.6. The number of nitrogens with one attached hydrogen (secondary N) is 2. The van der Waals surface area contributed by atoms with Crippen molar-refractivity contribution in [1.82, 2.24) is 39.9 Å². The van der Waals surface area contributed by atoms with Crippen LogP contribution in [0, 0.1) is 0 Å². The molecule has 3 aromatic heterocycles. The maximum Gasteiger partial charge on any atom is 0.283 e. The standard InChI is InChI=1S/C32H18N8.C18H40O4Si3/c1-2-10-18-17(9-1)25-33-26(18)38-28-21-13-5-6-14-22(21)30(35-28)40-32-24-16-8-7-15-23(24)31(36-32)39-29-20-12-4-3-11-19(20)27(34-29)37-25;1-17(2)15-19-11-9-13-24(5,6)21-23-22-25(7,8)14-10-12-20-16-18(3)4/h1-16H,(H2,33,34,35,36,37,38,39,40);1,3,9-16,23H2,2,4-8H3. The van der Waals surface area contributed by atoms with Gasteiger partial charge in [0, 0.05) is 57.0 Å². The van der Waals surface area contributed by atoms with Crippen LogP contribution in [0.4, 0.5) is 0 Å². The quantitative estimate of drug-likeness (QED) is 0.0545. The number of nitrogens with zero attached hydrogens (tertiary/aromatic N) is 6. The van der Waals surface area contributed by atoms with Gasteiger partial charge in [-0.3, -0.25) is 0 Å². The van der Waals surface area contributed by atoms with E-state index in [1.807, 2.05) is 111 Å². The summed E-state index contributed by atoms with van der Waals surface area (Å²) in [7, 11) is -4.12. The minimum atomic E-state index is -1.61. The number of ether oxygens (including phenoxy) is 2. The molecule has 5 heterocycles. The molecule has 7 aromatic rings. The molecule has 0 radical (unpaired) electrons. The monoisotopic (exact) mass is 918 g/mol. The van der Waals surface area contributed by atoms with E-state index in [2.05, 4.69) is 49.3 Å². The molecule has 0 aliphatic carbocycles. The highest BCUT2D eigenvalue weighted by Gasteiger charge is 2.26. The summed E-state index contributed by atoms with van der Waals surface area (Å²) in [5, 5.41) is 3.82. The highest BCUT2D eigenvalue weighted by atomic mass is 28.4. The molecule has 0 saturated heterocycles. The zero-order valence-corrected chi connectivity index (χ0v) is 41.7. The lowest BCUT2D eigenvalue weighted by molar-refractivity contribution is 0.156. The fourth-order valence-electron chi connectivity index (χ4n) is 7.78. The Kier molecular flexibility index (Phi) is 14.2. The predicted octanol–water partition coefficient (Wildman–Crippen LogP) is 11.3. The number of benzene rings is 4. The number of hydrogen-bond acceptors (Lipinski definition) is 10. The van der Waals surface area contributed by atoms with Gasteiger partial charge in [-0.25, -0.2) is 29.9 Å². The first kappa shape index (κ1) is 45.8. The van der Waals surface area contributed by atoms with E-state index in [0.717, 1.165) is 93.1 Å². The van der Waals surface area contributed by atoms with E-state index >= 15 is 0 Å². The first-order valence-electron chi connectivity index (χ1n) is 22.3. The van der Waals surface area contributed by atoms with Gasteiger partial charge in [-0.05, 0) is 65.0 Å². The van der Waals surface area contributed by atoms with Crippen LogP contribution in [-0.2, 0) is 17.7 Å². The van der Waals surface area contributed by atoms with Gasteiger partial charge in [0.1, 0.15) is 22.6 Å². The Balaban J connectivity index is 0.000000202. The third kappa shape index (κ3) is 11.2. The molecule has 15 heteroatoms. The van der Waals surface area contributed by atoms with E-state index in [0.29, 0.717) is 59.1 Å². The first-order chi connectivity index (χ1) is 31.3. The molecule has 9 rings (SSSR count). The second-order valence-corrected chi connectivity index (χ2v) is 28.5. The molecule has 0 atom stereocenters. The van der Waals surface area contributed by atoms with Gasteiger partial charge in [-0.2, -0.15) is 0 Å². The van der Waals surface area contributed by atoms with Crippen LogP contribution in [0.15, 0.2) is 121 Å². The van der Waals surface area contributed by atoms with Gasteiger partial charge in [0.25, 0.3) is 10.0 Å².